The van der Waals surface area contributed by atoms with Gasteiger partial charge in [0, 0.05) is 50.0 Å². The molecule has 0 radical (unpaired) electrons. The smallest absolute Gasteiger partial charge is 0.270 e. The van der Waals surface area contributed by atoms with Gasteiger partial charge in [-0.3, -0.25) is 19.1 Å². The molecule has 2 saturated heterocycles. The molecule has 5 rings (SSSR count). The van der Waals surface area contributed by atoms with Crippen LogP contribution in [0, 0.1) is 18.3 Å². The fraction of sp³-hybridized carbons (Fsp3) is 0.429. The van der Waals surface area contributed by atoms with E-state index in [-0.39, 0.29) is 23.1 Å². The van der Waals surface area contributed by atoms with Crippen molar-refractivity contribution >= 4 is 51.8 Å². The van der Waals surface area contributed by atoms with Gasteiger partial charge >= 0.3 is 0 Å². The molecule has 192 valence electrons. The van der Waals surface area contributed by atoms with Crippen LogP contribution in [-0.2, 0) is 11.3 Å². The summed E-state index contributed by atoms with van der Waals surface area (Å²) in [5.74, 6) is 0.719. The number of para-hydroxylation sites is 1. The Kier molecular flexibility index (Phi) is 7.40. The SMILES string of the molecule is CCn1c(N2CCN(c3ccccc3)CC2)c(/C=C2/SC(=S)N(C3CCCC3)C2=O)c(C)c(C#N)c1=O. The summed E-state index contributed by atoms with van der Waals surface area (Å²) in [5, 5.41) is 9.84. The van der Waals surface area contributed by atoms with Gasteiger partial charge in [-0.25, -0.2) is 0 Å². The third-order valence-electron chi connectivity index (χ3n) is 7.65. The summed E-state index contributed by atoms with van der Waals surface area (Å²) in [6, 6.07) is 12.6. The van der Waals surface area contributed by atoms with Crippen molar-refractivity contribution in [2.45, 2.75) is 52.1 Å². The lowest BCUT2D eigenvalue weighted by molar-refractivity contribution is -0.123. The number of thioether (sulfide) groups is 1. The second kappa shape index (κ2) is 10.7. The Labute approximate surface area is 227 Å². The van der Waals surface area contributed by atoms with Gasteiger partial charge < -0.3 is 9.80 Å². The number of nitriles is 1. The Balaban J connectivity index is 1.54. The van der Waals surface area contributed by atoms with Gasteiger partial charge in [0.15, 0.2) is 0 Å². The first kappa shape index (κ1) is 25.6. The van der Waals surface area contributed by atoms with Crippen LogP contribution in [0.15, 0.2) is 40.0 Å². The molecule has 3 fully saturated rings. The zero-order valence-corrected chi connectivity index (χ0v) is 22.9. The van der Waals surface area contributed by atoms with Crippen molar-refractivity contribution < 1.29 is 4.79 Å². The van der Waals surface area contributed by atoms with Crippen LogP contribution in [0.4, 0.5) is 11.5 Å². The van der Waals surface area contributed by atoms with Crippen molar-refractivity contribution in [1.82, 2.24) is 9.47 Å². The third kappa shape index (κ3) is 4.69. The van der Waals surface area contributed by atoms with Crippen LogP contribution >= 0.6 is 24.0 Å². The average molecular weight is 534 g/mol. The van der Waals surface area contributed by atoms with Gasteiger partial charge in [-0.05, 0) is 50.5 Å². The highest BCUT2D eigenvalue weighted by molar-refractivity contribution is 8.26. The predicted octanol–water partition coefficient (Wildman–Crippen LogP) is 4.52. The zero-order valence-electron chi connectivity index (χ0n) is 21.3. The molecule has 0 spiro atoms. The van der Waals surface area contributed by atoms with Crippen molar-refractivity contribution in [3.05, 3.63) is 62.3 Å². The molecule has 1 aliphatic carbocycles. The summed E-state index contributed by atoms with van der Waals surface area (Å²) in [5.41, 5.74) is 2.41. The standard InChI is InChI=1S/C28H31N5O2S2/c1-3-32-25(31-15-13-30(14-16-31)20-9-5-4-6-10-20)22(19(2)23(18-29)26(32)34)17-24-27(35)33(28(36)37-24)21-11-7-8-12-21/h4-6,9-10,17,21H,3,7-8,11-16H2,1-2H3/b24-17+. The zero-order chi connectivity index (χ0) is 26.1. The lowest BCUT2D eigenvalue weighted by Crippen LogP contribution is -2.48. The number of pyridine rings is 1. The number of anilines is 2. The van der Waals surface area contributed by atoms with Crippen molar-refractivity contribution in [3.8, 4) is 6.07 Å². The molecule has 1 amide bonds. The van der Waals surface area contributed by atoms with Crippen molar-refractivity contribution in [3.63, 3.8) is 0 Å². The van der Waals surface area contributed by atoms with Gasteiger partial charge in [-0.2, -0.15) is 5.26 Å². The number of piperazine rings is 1. The van der Waals surface area contributed by atoms with Crippen molar-refractivity contribution in [2.75, 3.05) is 36.0 Å². The molecule has 0 N–H and O–H groups in total. The maximum Gasteiger partial charge on any atom is 0.270 e. The normalized spacial score (nSPS) is 19.8. The van der Waals surface area contributed by atoms with Crippen LogP contribution in [0.1, 0.15) is 49.3 Å². The molecule has 1 aromatic carbocycles. The van der Waals surface area contributed by atoms with Crippen molar-refractivity contribution in [2.24, 2.45) is 0 Å². The van der Waals surface area contributed by atoms with E-state index in [1.54, 1.807) is 9.47 Å². The maximum atomic E-state index is 13.5. The fourth-order valence-corrected chi connectivity index (χ4v) is 7.06. The minimum Gasteiger partial charge on any atom is -0.368 e. The minimum absolute atomic E-state index is 0.0612. The third-order valence-corrected chi connectivity index (χ3v) is 8.98. The number of thiocarbonyl (C=S) groups is 1. The largest absolute Gasteiger partial charge is 0.368 e. The number of benzene rings is 1. The van der Waals surface area contributed by atoms with Crippen LogP contribution in [-0.4, -0.2) is 51.9 Å². The first-order valence-corrected chi connectivity index (χ1v) is 14.2. The number of hydrogen-bond acceptors (Lipinski definition) is 7. The Morgan fingerprint density at radius 1 is 1.08 bits per heavy atom. The first-order valence-electron chi connectivity index (χ1n) is 12.9. The second-order valence-corrected chi connectivity index (χ2v) is 11.4. The molecular formula is C28H31N5O2S2. The van der Waals surface area contributed by atoms with E-state index in [0.29, 0.717) is 21.3 Å². The predicted molar refractivity (Wildman–Crippen MR) is 154 cm³/mol. The second-order valence-electron chi connectivity index (χ2n) is 9.70. The highest BCUT2D eigenvalue weighted by Gasteiger charge is 2.38. The number of nitrogens with zero attached hydrogens (tertiary/aromatic N) is 5. The number of carbonyl (C=O) groups is 1. The Bertz CT molecular complexity index is 1350. The van der Waals surface area contributed by atoms with Gasteiger partial charge in [-0.1, -0.05) is 55.0 Å². The molecular weight excluding hydrogens is 502 g/mol. The highest BCUT2D eigenvalue weighted by Crippen LogP contribution is 2.39. The average Bonchev–Trinajstić information content (AvgIpc) is 3.53. The lowest BCUT2D eigenvalue weighted by atomic mass is 10.0. The van der Waals surface area contributed by atoms with E-state index in [4.69, 9.17) is 12.2 Å². The van der Waals surface area contributed by atoms with E-state index in [0.717, 1.165) is 63.2 Å². The van der Waals surface area contributed by atoms with Gasteiger partial charge in [0.05, 0.1) is 4.91 Å². The van der Waals surface area contributed by atoms with Crippen LogP contribution < -0.4 is 15.4 Å². The quantitative estimate of drug-likeness (QED) is 0.413. The Morgan fingerprint density at radius 2 is 1.73 bits per heavy atom. The molecule has 3 heterocycles. The first-order chi connectivity index (χ1) is 17.9. The Morgan fingerprint density at radius 3 is 2.35 bits per heavy atom. The molecule has 0 bridgehead atoms. The molecule has 2 aromatic rings. The van der Waals surface area contributed by atoms with Gasteiger partial charge in [0.25, 0.3) is 11.5 Å². The molecule has 1 aromatic heterocycles. The van der Waals surface area contributed by atoms with Crippen LogP contribution in [0.2, 0.25) is 0 Å². The Hall–Kier alpha value is -3.09. The number of carbonyl (C=O) groups excluding carboxylic acids is 1. The molecule has 7 nitrogen and oxygen atoms in total. The van der Waals surface area contributed by atoms with Gasteiger partial charge in [0.1, 0.15) is 21.8 Å². The molecule has 9 heteroatoms. The van der Waals surface area contributed by atoms with E-state index in [2.05, 4.69) is 28.0 Å². The maximum absolute atomic E-state index is 13.5. The number of hydrogen-bond donors (Lipinski definition) is 0. The van der Waals surface area contributed by atoms with Crippen LogP contribution in [0.25, 0.3) is 6.08 Å². The molecule has 1 saturated carbocycles. The number of aromatic nitrogens is 1. The summed E-state index contributed by atoms with van der Waals surface area (Å²) in [4.78, 5) is 33.7. The van der Waals surface area contributed by atoms with E-state index in [1.807, 2.05) is 38.1 Å². The number of rotatable bonds is 5. The van der Waals surface area contributed by atoms with E-state index < -0.39 is 0 Å². The van der Waals surface area contributed by atoms with E-state index in [9.17, 15) is 14.9 Å². The summed E-state index contributed by atoms with van der Waals surface area (Å²) in [6.07, 6.45) is 6.07. The summed E-state index contributed by atoms with van der Waals surface area (Å²) >= 11 is 6.95. The molecule has 2 aliphatic heterocycles. The summed E-state index contributed by atoms with van der Waals surface area (Å²) in [6.45, 7) is 7.24. The van der Waals surface area contributed by atoms with Gasteiger partial charge in [-0.15, -0.1) is 0 Å². The topological polar surface area (TPSA) is 72.6 Å². The van der Waals surface area contributed by atoms with E-state index >= 15 is 0 Å². The molecule has 37 heavy (non-hydrogen) atoms. The summed E-state index contributed by atoms with van der Waals surface area (Å²) in [7, 11) is 0. The monoisotopic (exact) mass is 533 g/mol. The number of amides is 1. The fourth-order valence-electron chi connectivity index (χ4n) is 5.68. The van der Waals surface area contributed by atoms with Gasteiger partial charge in [0.2, 0.25) is 0 Å². The van der Waals surface area contributed by atoms with E-state index in [1.165, 1.54) is 17.4 Å². The summed E-state index contributed by atoms with van der Waals surface area (Å²) < 4.78 is 2.29. The van der Waals surface area contributed by atoms with Crippen LogP contribution in [0.3, 0.4) is 0 Å². The molecule has 3 aliphatic rings. The minimum atomic E-state index is -0.279. The van der Waals surface area contributed by atoms with Crippen LogP contribution in [0.5, 0.6) is 0 Å². The molecule has 0 atom stereocenters. The van der Waals surface area contributed by atoms with Crippen molar-refractivity contribution in [1.29, 1.82) is 5.26 Å². The molecule has 0 unspecified atom stereocenters. The lowest BCUT2D eigenvalue weighted by Gasteiger charge is -2.39. The highest BCUT2D eigenvalue weighted by atomic mass is 32.2.